The van der Waals surface area contributed by atoms with Gasteiger partial charge in [-0.25, -0.2) is 0 Å². The SMILES string of the molecule is CC(C)c1cccc(NC(N)=NCC2CCN(c3ccccc3)C2)c1. The number of aliphatic imine (C=N–C) groups is 1. The summed E-state index contributed by atoms with van der Waals surface area (Å²) < 4.78 is 0. The van der Waals surface area contributed by atoms with Crippen LogP contribution in [0.2, 0.25) is 0 Å². The Bertz CT molecular complexity index is 709. The molecule has 4 heteroatoms. The quantitative estimate of drug-likeness (QED) is 0.639. The topological polar surface area (TPSA) is 53.6 Å². The van der Waals surface area contributed by atoms with E-state index in [1.54, 1.807) is 0 Å². The zero-order valence-corrected chi connectivity index (χ0v) is 15.2. The molecule has 1 fully saturated rings. The Hall–Kier alpha value is -2.49. The molecule has 0 aliphatic carbocycles. The third kappa shape index (κ3) is 4.75. The minimum absolute atomic E-state index is 0.499. The lowest BCUT2D eigenvalue weighted by atomic mass is 10.0. The van der Waals surface area contributed by atoms with Crippen molar-refractivity contribution in [3.05, 3.63) is 60.2 Å². The van der Waals surface area contributed by atoms with Crippen LogP contribution >= 0.6 is 0 Å². The molecule has 25 heavy (non-hydrogen) atoms. The number of guanidine groups is 1. The standard InChI is InChI=1S/C21H28N4/c1-16(2)18-7-6-8-19(13-18)24-21(22)23-14-17-11-12-25(15-17)20-9-4-3-5-10-20/h3-10,13,16-17H,11-12,14-15H2,1-2H3,(H3,22,23,24). The molecule has 0 aromatic heterocycles. The largest absolute Gasteiger partial charge is 0.371 e. The number of nitrogens with two attached hydrogens (primary N) is 1. The fourth-order valence-corrected chi connectivity index (χ4v) is 3.25. The molecule has 0 bridgehead atoms. The van der Waals surface area contributed by atoms with Crippen molar-refractivity contribution >= 4 is 17.3 Å². The second kappa shape index (κ2) is 8.06. The summed E-state index contributed by atoms with van der Waals surface area (Å²) in [4.78, 5) is 6.99. The summed E-state index contributed by atoms with van der Waals surface area (Å²) in [6.07, 6.45) is 1.16. The van der Waals surface area contributed by atoms with Gasteiger partial charge in [0.2, 0.25) is 0 Å². The van der Waals surface area contributed by atoms with Gasteiger partial charge in [-0.1, -0.05) is 44.2 Å². The van der Waals surface area contributed by atoms with Gasteiger partial charge in [-0.05, 0) is 48.1 Å². The van der Waals surface area contributed by atoms with Gasteiger partial charge in [0.05, 0.1) is 0 Å². The monoisotopic (exact) mass is 336 g/mol. The Morgan fingerprint density at radius 3 is 2.76 bits per heavy atom. The lowest BCUT2D eigenvalue weighted by molar-refractivity contribution is 0.603. The van der Waals surface area contributed by atoms with E-state index in [4.69, 9.17) is 5.73 Å². The Kier molecular flexibility index (Phi) is 5.59. The van der Waals surface area contributed by atoms with E-state index < -0.39 is 0 Å². The number of anilines is 2. The first-order chi connectivity index (χ1) is 12.1. The van der Waals surface area contributed by atoms with E-state index in [0.29, 0.717) is 17.8 Å². The summed E-state index contributed by atoms with van der Waals surface area (Å²) in [5, 5.41) is 3.22. The molecule has 1 aliphatic heterocycles. The lowest BCUT2D eigenvalue weighted by Gasteiger charge is -2.18. The van der Waals surface area contributed by atoms with Crippen LogP contribution in [-0.2, 0) is 0 Å². The molecule has 0 spiro atoms. The van der Waals surface area contributed by atoms with Crippen molar-refractivity contribution in [1.29, 1.82) is 0 Å². The van der Waals surface area contributed by atoms with Gasteiger partial charge in [0.15, 0.2) is 5.96 Å². The molecule has 1 saturated heterocycles. The van der Waals surface area contributed by atoms with Gasteiger partial charge < -0.3 is 16.0 Å². The highest BCUT2D eigenvalue weighted by molar-refractivity contribution is 5.92. The lowest BCUT2D eigenvalue weighted by Crippen LogP contribution is -2.25. The van der Waals surface area contributed by atoms with Gasteiger partial charge >= 0.3 is 0 Å². The number of nitrogens with one attached hydrogen (secondary N) is 1. The highest BCUT2D eigenvalue weighted by Crippen LogP contribution is 2.23. The molecule has 1 heterocycles. The summed E-state index contributed by atoms with van der Waals surface area (Å²) >= 11 is 0. The van der Waals surface area contributed by atoms with Crippen LogP contribution in [0.3, 0.4) is 0 Å². The van der Waals surface area contributed by atoms with Crippen LogP contribution in [0.5, 0.6) is 0 Å². The number of rotatable bonds is 5. The van der Waals surface area contributed by atoms with Crippen molar-refractivity contribution in [1.82, 2.24) is 0 Å². The molecule has 1 atom stereocenters. The zero-order valence-electron chi connectivity index (χ0n) is 15.2. The summed E-state index contributed by atoms with van der Waals surface area (Å²) in [5.41, 5.74) is 9.68. The third-order valence-corrected chi connectivity index (χ3v) is 4.75. The second-order valence-electron chi connectivity index (χ2n) is 7.07. The summed E-state index contributed by atoms with van der Waals surface area (Å²) in [7, 11) is 0. The van der Waals surface area contributed by atoms with Gasteiger partial charge in [0, 0.05) is 31.0 Å². The van der Waals surface area contributed by atoms with E-state index in [9.17, 15) is 0 Å². The maximum Gasteiger partial charge on any atom is 0.193 e. The molecule has 2 aromatic carbocycles. The molecule has 132 valence electrons. The number of para-hydroxylation sites is 1. The minimum Gasteiger partial charge on any atom is -0.371 e. The van der Waals surface area contributed by atoms with Gasteiger partial charge in [-0.15, -0.1) is 0 Å². The normalized spacial score (nSPS) is 18.0. The third-order valence-electron chi connectivity index (χ3n) is 4.75. The van der Waals surface area contributed by atoms with Crippen molar-refractivity contribution in [2.45, 2.75) is 26.2 Å². The molecule has 0 radical (unpaired) electrons. The molecule has 1 aliphatic rings. The van der Waals surface area contributed by atoms with Crippen LogP contribution in [0.15, 0.2) is 59.6 Å². The van der Waals surface area contributed by atoms with Crippen LogP contribution in [0.25, 0.3) is 0 Å². The average molecular weight is 336 g/mol. The summed E-state index contributed by atoms with van der Waals surface area (Å²) in [6.45, 7) is 7.29. The molecule has 3 N–H and O–H groups in total. The van der Waals surface area contributed by atoms with E-state index in [-0.39, 0.29) is 0 Å². The van der Waals surface area contributed by atoms with E-state index in [1.807, 2.05) is 6.07 Å². The van der Waals surface area contributed by atoms with E-state index in [2.05, 4.69) is 77.6 Å². The van der Waals surface area contributed by atoms with E-state index >= 15 is 0 Å². The van der Waals surface area contributed by atoms with Gasteiger partial charge in [0.25, 0.3) is 0 Å². The smallest absolute Gasteiger partial charge is 0.193 e. The van der Waals surface area contributed by atoms with Gasteiger partial charge in [-0.3, -0.25) is 4.99 Å². The number of nitrogens with zero attached hydrogens (tertiary/aromatic N) is 2. The maximum absolute atomic E-state index is 6.08. The maximum atomic E-state index is 6.08. The molecular weight excluding hydrogens is 308 g/mol. The fraction of sp³-hybridized carbons (Fsp3) is 0.381. The molecule has 2 aromatic rings. The average Bonchev–Trinajstić information content (AvgIpc) is 3.10. The summed E-state index contributed by atoms with van der Waals surface area (Å²) in [6, 6.07) is 18.9. The summed E-state index contributed by atoms with van der Waals surface area (Å²) in [5.74, 6) is 1.56. The fourth-order valence-electron chi connectivity index (χ4n) is 3.25. The second-order valence-corrected chi connectivity index (χ2v) is 7.07. The van der Waals surface area contributed by atoms with E-state index in [1.165, 1.54) is 11.3 Å². The van der Waals surface area contributed by atoms with Gasteiger partial charge in [0.1, 0.15) is 0 Å². The Labute approximate surface area is 150 Å². The Morgan fingerprint density at radius 2 is 2.00 bits per heavy atom. The number of benzene rings is 2. The number of hydrogen-bond donors (Lipinski definition) is 2. The highest BCUT2D eigenvalue weighted by atomic mass is 15.2. The van der Waals surface area contributed by atoms with Gasteiger partial charge in [-0.2, -0.15) is 0 Å². The zero-order chi connectivity index (χ0) is 17.6. The Morgan fingerprint density at radius 1 is 1.20 bits per heavy atom. The van der Waals surface area contributed by atoms with Crippen LogP contribution in [0.1, 0.15) is 31.7 Å². The van der Waals surface area contributed by atoms with Crippen LogP contribution in [-0.4, -0.2) is 25.6 Å². The van der Waals surface area contributed by atoms with Crippen molar-refractivity contribution < 1.29 is 0 Å². The van der Waals surface area contributed by atoms with Crippen molar-refractivity contribution in [3.63, 3.8) is 0 Å². The molecule has 3 rings (SSSR count). The van der Waals surface area contributed by atoms with Crippen molar-refractivity contribution in [3.8, 4) is 0 Å². The van der Waals surface area contributed by atoms with Crippen LogP contribution in [0, 0.1) is 5.92 Å². The Balaban J connectivity index is 1.53. The molecule has 0 amide bonds. The van der Waals surface area contributed by atoms with Crippen LogP contribution < -0.4 is 16.0 Å². The molecule has 4 nitrogen and oxygen atoms in total. The van der Waals surface area contributed by atoms with Crippen molar-refractivity contribution in [2.75, 3.05) is 29.9 Å². The predicted molar refractivity (Wildman–Crippen MR) is 107 cm³/mol. The molecule has 1 unspecified atom stereocenters. The number of hydrogen-bond acceptors (Lipinski definition) is 2. The van der Waals surface area contributed by atoms with Crippen LogP contribution in [0.4, 0.5) is 11.4 Å². The van der Waals surface area contributed by atoms with Crippen molar-refractivity contribution in [2.24, 2.45) is 16.6 Å². The molecule has 0 saturated carbocycles. The van der Waals surface area contributed by atoms with E-state index in [0.717, 1.165) is 31.7 Å². The first kappa shape index (κ1) is 17.3. The first-order valence-corrected chi connectivity index (χ1v) is 9.08. The first-order valence-electron chi connectivity index (χ1n) is 9.08. The highest BCUT2D eigenvalue weighted by Gasteiger charge is 2.22. The minimum atomic E-state index is 0.499. The molecular formula is C21H28N4. The predicted octanol–water partition coefficient (Wildman–Crippen LogP) is 4.06.